The number of fused-ring (bicyclic) bond motifs is 1. The number of nitrogens with zero attached hydrogens (tertiary/aromatic N) is 2. The highest BCUT2D eigenvalue weighted by atomic mass is 16.6. The molecule has 1 heterocycles. The van der Waals surface area contributed by atoms with Gasteiger partial charge >= 0.3 is 0 Å². The Balaban J connectivity index is 1.38. The summed E-state index contributed by atoms with van der Waals surface area (Å²) in [6, 6.07) is 26.1. The average Bonchev–Trinajstić information content (AvgIpc) is 2.74. The number of benzene rings is 3. The van der Waals surface area contributed by atoms with E-state index in [1.807, 2.05) is 48.5 Å². The number of rotatable bonds is 5. The first kappa shape index (κ1) is 18.1. The fourth-order valence-corrected chi connectivity index (χ4v) is 3.50. The Morgan fingerprint density at radius 2 is 1.68 bits per heavy atom. The molecule has 0 aromatic heterocycles. The third-order valence-electron chi connectivity index (χ3n) is 4.85. The fourth-order valence-electron chi connectivity index (χ4n) is 3.50. The quantitative estimate of drug-likeness (QED) is 0.663. The summed E-state index contributed by atoms with van der Waals surface area (Å²) >= 11 is 0. The number of hydrogen-bond donors (Lipinski definition) is 0. The fraction of sp³-hybridized carbons (Fsp3) is 0.208. The Bertz CT molecular complexity index is 992. The molecule has 4 rings (SSSR count). The van der Waals surface area contributed by atoms with Gasteiger partial charge in [-0.15, -0.1) is 0 Å². The van der Waals surface area contributed by atoms with Gasteiger partial charge < -0.3 is 9.47 Å². The normalized spacial score (nSPS) is 15.2. The van der Waals surface area contributed by atoms with Crippen molar-refractivity contribution >= 4 is 0 Å². The first-order valence-electron chi connectivity index (χ1n) is 9.38. The highest BCUT2D eigenvalue weighted by molar-refractivity contribution is 5.70. The molecule has 0 aliphatic carbocycles. The summed E-state index contributed by atoms with van der Waals surface area (Å²) < 4.78 is 11.8. The van der Waals surface area contributed by atoms with E-state index in [2.05, 4.69) is 42.3 Å². The molecule has 4 nitrogen and oxygen atoms in total. The predicted octanol–water partition coefficient (Wildman–Crippen LogP) is 4.50. The zero-order valence-electron chi connectivity index (χ0n) is 15.8. The topological polar surface area (TPSA) is 45.5 Å². The smallest absolute Gasteiger partial charge is 0.161 e. The van der Waals surface area contributed by atoms with Crippen molar-refractivity contribution in [1.29, 1.82) is 5.26 Å². The summed E-state index contributed by atoms with van der Waals surface area (Å²) in [6.07, 6.45) is 0.0154. The summed E-state index contributed by atoms with van der Waals surface area (Å²) in [7, 11) is 2.09. The summed E-state index contributed by atoms with van der Waals surface area (Å²) in [6.45, 7) is 2.17. The van der Waals surface area contributed by atoms with Gasteiger partial charge in [0, 0.05) is 13.1 Å². The third kappa shape index (κ3) is 4.00. The second-order valence-corrected chi connectivity index (χ2v) is 7.05. The summed E-state index contributed by atoms with van der Waals surface area (Å²) in [4.78, 5) is 2.24. The molecule has 0 spiro atoms. The van der Waals surface area contributed by atoms with E-state index in [-0.39, 0.29) is 6.10 Å². The lowest BCUT2D eigenvalue weighted by atomic mass is 9.99. The highest BCUT2D eigenvalue weighted by Gasteiger charge is 2.21. The molecule has 1 aliphatic rings. The molecule has 4 heteroatoms. The second-order valence-electron chi connectivity index (χ2n) is 7.05. The van der Waals surface area contributed by atoms with E-state index < -0.39 is 0 Å². The molecular formula is C24H22N2O2. The van der Waals surface area contributed by atoms with E-state index in [1.165, 1.54) is 5.56 Å². The maximum absolute atomic E-state index is 9.29. The highest BCUT2D eigenvalue weighted by Crippen LogP contribution is 2.31. The van der Waals surface area contributed by atoms with E-state index in [0.29, 0.717) is 12.2 Å². The molecule has 3 aromatic carbocycles. The molecule has 0 unspecified atom stereocenters. The standard InChI is InChI=1S/C24H22N2O2/c1-26(16-21-17-27-23-8-4-5-9-24(23)28-21)15-18-10-12-19(13-11-18)22-7-3-2-6-20(22)14-25/h2-13,21H,15-17H2,1H3/t21-/m0/s1. The Labute approximate surface area is 165 Å². The molecule has 0 N–H and O–H groups in total. The molecule has 0 amide bonds. The number of hydrogen-bond acceptors (Lipinski definition) is 4. The van der Waals surface area contributed by atoms with Crippen molar-refractivity contribution < 1.29 is 9.47 Å². The van der Waals surface area contributed by atoms with Gasteiger partial charge in [0.15, 0.2) is 11.5 Å². The van der Waals surface area contributed by atoms with Crippen LogP contribution in [0, 0.1) is 11.3 Å². The molecule has 1 atom stereocenters. The van der Waals surface area contributed by atoms with Crippen LogP contribution in [0.5, 0.6) is 11.5 Å². The first-order valence-corrected chi connectivity index (χ1v) is 9.38. The van der Waals surface area contributed by atoms with Crippen molar-refractivity contribution in [2.45, 2.75) is 12.6 Å². The van der Waals surface area contributed by atoms with E-state index in [1.54, 1.807) is 0 Å². The van der Waals surface area contributed by atoms with Gasteiger partial charge in [0.2, 0.25) is 0 Å². The van der Waals surface area contributed by atoms with Crippen molar-refractivity contribution in [3.63, 3.8) is 0 Å². The predicted molar refractivity (Wildman–Crippen MR) is 109 cm³/mol. The van der Waals surface area contributed by atoms with E-state index in [0.717, 1.165) is 35.7 Å². The van der Waals surface area contributed by atoms with Crippen LogP contribution in [0.3, 0.4) is 0 Å². The van der Waals surface area contributed by atoms with Gasteiger partial charge in [-0.3, -0.25) is 4.90 Å². The molecule has 1 aliphatic heterocycles. The van der Waals surface area contributed by atoms with Crippen LogP contribution < -0.4 is 9.47 Å². The lowest BCUT2D eigenvalue weighted by Gasteiger charge is -2.29. The van der Waals surface area contributed by atoms with Gasteiger partial charge in [0.1, 0.15) is 12.7 Å². The van der Waals surface area contributed by atoms with Crippen LogP contribution in [0.4, 0.5) is 0 Å². The number of ether oxygens (including phenoxy) is 2. The molecule has 0 saturated heterocycles. The zero-order chi connectivity index (χ0) is 19.3. The Hall–Kier alpha value is -3.29. The minimum Gasteiger partial charge on any atom is -0.486 e. The number of nitriles is 1. The van der Waals surface area contributed by atoms with Crippen LogP contribution in [0.15, 0.2) is 72.8 Å². The first-order chi connectivity index (χ1) is 13.7. The number of para-hydroxylation sites is 2. The van der Waals surface area contributed by atoms with Crippen molar-refractivity contribution in [2.75, 3.05) is 20.2 Å². The molecule has 0 fully saturated rings. The van der Waals surface area contributed by atoms with Crippen LogP contribution in [-0.2, 0) is 6.54 Å². The Morgan fingerprint density at radius 3 is 2.46 bits per heavy atom. The van der Waals surface area contributed by atoms with Gasteiger partial charge in [0.25, 0.3) is 0 Å². The maximum atomic E-state index is 9.29. The molecule has 0 bridgehead atoms. The van der Waals surface area contributed by atoms with Crippen LogP contribution in [0.2, 0.25) is 0 Å². The Kier molecular flexibility index (Phi) is 5.27. The van der Waals surface area contributed by atoms with Crippen molar-refractivity contribution in [3.05, 3.63) is 83.9 Å². The SMILES string of the molecule is CN(Cc1ccc(-c2ccccc2C#N)cc1)C[C@H]1COc2ccccc2O1. The van der Waals surface area contributed by atoms with Crippen LogP contribution >= 0.6 is 0 Å². The second kappa shape index (κ2) is 8.16. The summed E-state index contributed by atoms with van der Waals surface area (Å²) in [5, 5.41) is 9.29. The minimum atomic E-state index is 0.0154. The maximum Gasteiger partial charge on any atom is 0.161 e. The van der Waals surface area contributed by atoms with Crippen LogP contribution in [0.25, 0.3) is 11.1 Å². The molecule has 0 saturated carbocycles. The molecule has 140 valence electrons. The van der Waals surface area contributed by atoms with Gasteiger partial charge in [-0.1, -0.05) is 54.6 Å². The zero-order valence-corrected chi connectivity index (χ0v) is 15.8. The average molecular weight is 370 g/mol. The van der Waals surface area contributed by atoms with Crippen LogP contribution in [-0.4, -0.2) is 31.2 Å². The van der Waals surface area contributed by atoms with Gasteiger partial charge in [-0.25, -0.2) is 0 Å². The molecule has 3 aromatic rings. The molecular weight excluding hydrogens is 348 g/mol. The van der Waals surface area contributed by atoms with Gasteiger partial charge in [0.05, 0.1) is 11.6 Å². The van der Waals surface area contributed by atoms with E-state index in [4.69, 9.17) is 9.47 Å². The largest absolute Gasteiger partial charge is 0.486 e. The lowest BCUT2D eigenvalue weighted by Crippen LogP contribution is -2.39. The molecule has 0 radical (unpaired) electrons. The monoisotopic (exact) mass is 370 g/mol. The third-order valence-corrected chi connectivity index (χ3v) is 4.85. The summed E-state index contributed by atoms with van der Waals surface area (Å²) in [5.41, 5.74) is 3.94. The Morgan fingerprint density at radius 1 is 0.964 bits per heavy atom. The van der Waals surface area contributed by atoms with Crippen LogP contribution in [0.1, 0.15) is 11.1 Å². The van der Waals surface area contributed by atoms with E-state index >= 15 is 0 Å². The minimum absolute atomic E-state index is 0.0154. The van der Waals surface area contributed by atoms with Gasteiger partial charge in [-0.2, -0.15) is 5.26 Å². The molecule has 28 heavy (non-hydrogen) atoms. The number of likely N-dealkylation sites (N-methyl/N-ethyl adjacent to an activating group) is 1. The van der Waals surface area contributed by atoms with Crippen molar-refractivity contribution in [2.24, 2.45) is 0 Å². The van der Waals surface area contributed by atoms with Gasteiger partial charge in [-0.05, 0) is 41.9 Å². The van der Waals surface area contributed by atoms with Crippen molar-refractivity contribution in [3.8, 4) is 28.7 Å². The van der Waals surface area contributed by atoms with E-state index in [9.17, 15) is 5.26 Å². The lowest BCUT2D eigenvalue weighted by molar-refractivity contribution is 0.0638. The van der Waals surface area contributed by atoms with Crippen molar-refractivity contribution in [1.82, 2.24) is 4.90 Å². The summed E-state index contributed by atoms with van der Waals surface area (Å²) in [5.74, 6) is 1.63.